The molecule has 0 atom stereocenters. The SMILES string of the molecule is O=C(c1ccc(Cl)cc1)c1ccc(OCCCCCN2CCN(CC(=O)N3CCC(O)(c4ccc(Cl)cc4)CC3)CC2)cc1. The minimum absolute atomic E-state index is 0.0351. The van der Waals surface area contributed by atoms with Crippen LogP contribution < -0.4 is 4.74 Å². The number of hydrogen-bond donors (Lipinski definition) is 1. The van der Waals surface area contributed by atoms with Gasteiger partial charge in [0.05, 0.1) is 18.8 Å². The first-order chi connectivity index (χ1) is 21.3. The molecule has 1 N–H and O–H groups in total. The number of carbonyl (C=O) groups is 2. The highest BCUT2D eigenvalue weighted by Crippen LogP contribution is 2.33. The fraction of sp³-hybridized carbons (Fsp3) is 0.429. The summed E-state index contributed by atoms with van der Waals surface area (Å²) >= 11 is 11.9. The number of nitrogens with zero attached hydrogens (tertiary/aromatic N) is 3. The predicted molar refractivity (Wildman–Crippen MR) is 175 cm³/mol. The third-order valence-corrected chi connectivity index (χ3v) is 9.26. The van der Waals surface area contributed by atoms with Crippen LogP contribution in [-0.4, -0.2) is 90.5 Å². The molecule has 3 aromatic rings. The minimum Gasteiger partial charge on any atom is -0.494 e. The molecule has 234 valence electrons. The number of amides is 1. The van der Waals surface area contributed by atoms with Gasteiger partial charge in [0.2, 0.25) is 5.91 Å². The molecule has 5 rings (SSSR count). The van der Waals surface area contributed by atoms with E-state index in [0.717, 1.165) is 63.3 Å². The third kappa shape index (κ3) is 8.83. The van der Waals surface area contributed by atoms with E-state index >= 15 is 0 Å². The van der Waals surface area contributed by atoms with Gasteiger partial charge < -0.3 is 19.6 Å². The molecule has 0 radical (unpaired) electrons. The average Bonchev–Trinajstić information content (AvgIpc) is 3.04. The fourth-order valence-electron chi connectivity index (χ4n) is 5.91. The van der Waals surface area contributed by atoms with Crippen LogP contribution in [0.1, 0.15) is 53.6 Å². The molecule has 7 nitrogen and oxygen atoms in total. The second-order valence-corrected chi connectivity index (χ2v) is 12.7. The van der Waals surface area contributed by atoms with E-state index in [1.165, 1.54) is 0 Å². The molecule has 2 heterocycles. The van der Waals surface area contributed by atoms with Gasteiger partial charge in [-0.3, -0.25) is 14.5 Å². The van der Waals surface area contributed by atoms with Crippen molar-refractivity contribution in [1.29, 1.82) is 0 Å². The molecule has 0 aromatic heterocycles. The number of likely N-dealkylation sites (tertiary alicyclic amines) is 1. The van der Waals surface area contributed by atoms with Crippen molar-refractivity contribution in [3.63, 3.8) is 0 Å². The lowest BCUT2D eigenvalue weighted by Crippen LogP contribution is -2.52. The van der Waals surface area contributed by atoms with Crippen molar-refractivity contribution < 1.29 is 19.4 Å². The van der Waals surface area contributed by atoms with E-state index in [1.807, 2.05) is 29.2 Å². The summed E-state index contributed by atoms with van der Waals surface area (Å²) in [5.41, 5.74) is 1.21. The molecular formula is C35H41Cl2N3O4. The van der Waals surface area contributed by atoms with Crippen molar-refractivity contribution >= 4 is 34.9 Å². The molecule has 44 heavy (non-hydrogen) atoms. The summed E-state index contributed by atoms with van der Waals surface area (Å²) in [5, 5.41) is 12.4. The molecule has 1 amide bonds. The number of ether oxygens (including phenoxy) is 1. The van der Waals surface area contributed by atoms with Crippen molar-refractivity contribution in [2.45, 2.75) is 37.7 Å². The van der Waals surface area contributed by atoms with Gasteiger partial charge >= 0.3 is 0 Å². The topological polar surface area (TPSA) is 73.3 Å². The van der Waals surface area contributed by atoms with Gasteiger partial charge in [-0.25, -0.2) is 0 Å². The Morgan fingerprint density at radius 2 is 1.25 bits per heavy atom. The summed E-state index contributed by atoms with van der Waals surface area (Å²) in [4.78, 5) is 32.2. The predicted octanol–water partition coefficient (Wildman–Crippen LogP) is 5.90. The van der Waals surface area contributed by atoms with Crippen LogP contribution in [0.2, 0.25) is 10.0 Å². The molecule has 9 heteroatoms. The van der Waals surface area contributed by atoms with Gasteiger partial charge in [-0.1, -0.05) is 35.3 Å². The van der Waals surface area contributed by atoms with Crippen LogP contribution in [0.4, 0.5) is 0 Å². The molecule has 2 saturated heterocycles. The number of piperidine rings is 1. The summed E-state index contributed by atoms with van der Waals surface area (Å²) in [6, 6.07) is 21.6. The zero-order chi connectivity index (χ0) is 30.9. The maximum Gasteiger partial charge on any atom is 0.236 e. The summed E-state index contributed by atoms with van der Waals surface area (Å²) in [6.45, 7) is 7.02. The maximum absolute atomic E-state index is 13.0. The van der Waals surface area contributed by atoms with E-state index in [9.17, 15) is 14.7 Å². The lowest BCUT2D eigenvalue weighted by Gasteiger charge is -2.40. The number of hydrogen-bond acceptors (Lipinski definition) is 6. The molecule has 0 unspecified atom stereocenters. The normalized spacial score (nSPS) is 17.4. The van der Waals surface area contributed by atoms with E-state index in [-0.39, 0.29) is 11.7 Å². The largest absolute Gasteiger partial charge is 0.494 e. The number of carbonyl (C=O) groups excluding carboxylic acids is 2. The molecule has 2 fully saturated rings. The van der Waals surface area contributed by atoms with Gasteiger partial charge in [0.1, 0.15) is 5.75 Å². The van der Waals surface area contributed by atoms with Crippen LogP contribution in [0.25, 0.3) is 0 Å². The van der Waals surface area contributed by atoms with Gasteiger partial charge in [0.25, 0.3) is 0 Å². The number of benzene rings is 3. The number of aliphatic hydroxyl groups is 1. The maximum atomic E-state index is 13.0. The van der Waals surface area contributed by atoms with E-state index in [1.54, 1.807) is 48.5 Å². The number of rotatable bonds is 12. The molecule has 0 saturated carbocycles. The highest BCUT2D eigenvalue weighted by atomic mass is 35.5. The lowest BCUT2D eigenvalue weighted by molar-refractivity contribution is -0.137. The summed E-state index contributed by atoms with van der Waals surface area (Å²) < 4.78 is 5.89. The Bertz CT molecular complexity index is 1370. The Hall–Kier alpha value is -2.94. The van der Waals surface area contributed by atoms with Crippen LogP contribution in [0.3, 0.4) is 0 Å². The van der Waals surface area contributed by atoms with Gasteiger partial charge in [-0.15, -0.1) is 0 Å². The average molecular weight is 639 g/mol. The van der Waals surface area contributed by atoms with Gasteiger partial charge in [0, 0.05) is 60.4 Å². The van der Waals surface area contributed by atoms with Crippen LogP contribution >= 0.6 is 23.2 Å². The van der Waals surface area contributed by atoms with E-state index in [0.29, 0.717) is 60.3 Å². The molecule has 3 aromatic carbocycles. The number of halogens is 2. The second kappa shape index (κ2) is 15.4. The van der Waals surface area contributed by atoms with E-state index in [2.05, 4.69) is 9.80 Å². The van der Waals surface area contributed by atoms with Crippen molar-refractivity contribution in [1.82, 2.24) is 14.7 Å². The molecule has 0 bridgehead atoms. The summed E-state index contributed by atoms with van der Waals surface area (Å²) in [5.74, 6) is 0.886. The molecule has 0 aliphatic carbocycles. The Balaban J connectivity index is 0.921. The summed E-state index contributed by atoms with van der Waals surface area (Å²) in [7, 11) is 0. The monoisotopic (exact) mass is 637 g/mol. The van der Waals surface area contributed by atoms with Crippen molar-refractivity contribution in [2.24, 2.45) is 0 Å². The zero-order valence-corrected chi connectivity index (χ0v) is 26.6. The minimum atomic E-state index is -0.898. The van der Waals surface area contributed by atoms with Gasteiger partial charge in [-0.05, 0) is 105 Å². The van der Waals surface area contributed by atoms with Crippen molar-refractivity contribution in [3.05, 3.63) is 99.5 Å². The highest BCUT2D eigenvalue weighted by Gasteiger charge is 2.35. The molecule has 2 aliphatic rings. The summed E-state index contributed by atoms with van der Waals surface area (Å²) in [6.07, 6.45) is 4.25. The third-order valence-electron chi connectivity index (χ3n) is 8.76. The number of unbranched alkanes of at least 4 members (excludes halogenated alkanes) is 2. The standard InChI is InChI=1S/C35H41Cl2N3O4/c36-30-10-4-27(5-11-30)34(42)28-6-14-32(15-7-28)44-25-3-1-2-18-38-21-23-39(24-22-38)26-33(41)40-19-16-35(43,17-20-40)29-8-12-31(37)13-9-29/h4-15,43H,1-3,16-26H2. The lowest BCUT2D eigenvalue weighted by atomic mass is 9.84. The van der Waals surface area contributed by atoms with E-state index < -0.39 is 5.60 Å². The smallest absolute Gasteiger partial charge is 0.236 e. The quantitative estimate of drug-likeness (QED) is 0.197. The van der Waals surface area contributed by atoms with Gasteiger partial charge in [0.15, 0.2) is 5.78 Å². The van der Waals surface area contributed by atoms with Crippen LogP contribution in [0, 0.1) is 0 Å². The number of ketones is 1. The first-order valence-corrected chi connectivity index (χ1v) is 16.3. The Labute approximate surface area is 270 Å². The van der Waals surface area contributed by atoms with Crippen LogP contribution in [0.5, 0.6) is 5.75 Å². The van der Waals surface area contributed by atoms with Crippen LogP contribution in [0.15, 0.2) is 72.8 Å². The number of piperazine rings is 1. The van der Waals surface area contributed by atoms with Crippen molar-refractivity contribution in [2.75, 3.05) is 59.0 Å². The Kier molecular flexibility index (Phi) is 11.3. The first-order valence-electron chi connectivity index (χ1n) is 15.5. The highest BCUT2D eigenvalue weighted by molar-refractivity contribution is 6.31. The molecule has 2 aliphatic heterocycles. The zero-order valence-electron chi connectivity index (χ0n) is 25.1. The molecular weight excluding hydrogens is 597 g/mol. The van der Waals surface area contributed by atoms with Gasteiger partial charge in [-0.2, -0.15) is 0 Å². The Morgan fingerprint density at radius 3 is 1.86 bits per heavy atom. The molecule has 0 spiro atoms. The second-order valence-electron chi connectivity index (χ2n) is 11.8. The Morgan fingerprint density at radius 1 is 0.705 bits per heavy atom. The van der Waals surface area contributed by atoms with Crippen molar-refractivity contribution in [3.8, 4) is 5.75 Å². The van der Waals surface area contributed by atoms with E-state index in [4.69, 9.17) is 27.9 Å². The first kappa shape index (κ1) is 32.5. The fourth-order valence-corrected chi connectivity index (χ4v) is 6.16. The van der Waals surface area contributed by atoms with Crippen LogP contribution in [-0.2, 0) is 10.4 Å².